The van der Waals surface area contributed by atoms with E-state index in [1.807, 2.05) is 18.4 Å². The third kappa shape index (κ3) is 2.83. The van der Waals surface area contributed by atoms with Crippen LogP contribution in [0.3, 0.4) is 0 Å². The van der Waals surface area contributed by atoms with E-state index in [4.69, 9.17) is 0 Å². The lowest BCUT2D eigenvalue weighted by Gasteiger charge is -2.30. The summed E-state index contributed by atoms with van der Waals surface area (Å²) in [6.07, 6.45) is 4.24. The third-order valence-corrected chi connectivity index (χ3v) is 3.09. The Hall–Kier alpha value is -1.35. The van der Waals surface area contributed by atoms with E-state index in [2.05, 4.69) is 17.3 Å². The summed E-state index contributed by atoms with van der Waals surface area (Å²) < 4.78 is 0. The van der Waals surface area contributed by atoms with Crippen molar-refractivity contribution in [3.63, 3.8) is 0 Å². The molecule has 0 atom stereocenters. The molecule has 1 heterocycles. The number of anilines is 1. The molecule has 2 rings (SSSR count). The number of hydrogen-bond donors (Lipinski definition) is 1. The van der Waals surface area contributed by atoms with Crippen LogP contribution in [0.25, 0.3) is 0 Å². The van der Waals surface area contributed by atoms with Gasteiger partial charge in [-0.3, -0.25) is 4.79 Å². The molecule has 0 amide bonds. The number of piperidine rings is 1. The lowest BCUT2D eigenvalue weighted by molar-refractivity contribution is 0.264. The zero-order chi connectivity index (χ0) is 11.4. The Morgan fingerprint density at radius 2 is 1.88 bits per heavy atom. The van der Waals surface area contributed by atoms with E-state index in [1.54, 1.807) is 12.1 Å². The number of nitrogens with one attached hydrogen (secondary N) is 1. The van der Waals surface area contributed by atoms with Crippen molar-refractivity contribution in [2.24, 2.45) is 0 Å². The maximum absolute atomic E-state index is 10.4. The van der Waals surface area contributed by atoms with Crippen molar-refractivity contribution in [2.45, 2.75) is 18.9 Å². The molecular formula is C13H17N2O. The quantitative estimate of drug-likeness (QED) is 0.835. The molecule has 1 aromatic rings. The van der Waals surface area contributed by atoms with Gasteiger partial charge < -0.3 is 10.2 Å². The monoisotopic (exact) mass is 217 g/mol. The minimum atomic E-state index is 0.558. The standard InChI is InChI=1S/C13H17N2O/c1-15-8-6-13(7-9-15)14-12-4-2-11(10-16)3-5-12/h2-5,13-14H,6-9H2,1H3. The minimum Gasteiger partial charge on any atom is -0.382 e. The fourth-order valence-corrected chi connectivity index (χ4v) is 2.02. The molecule has 85 valence electrons. The molecule has 16 heavy (non-hydrogen) atoms. The highest BCUT2D eigenvalue weighted by Crippen LogP contribution is 2.16. The van der Waals surface area contributed by atoms with E-state index < -0.39 is 0 Å². The lowest BCUT2D eigenvalue weighted by Crippen LogP contribution is -2.36. The molecule has 1 fully saturated rings. The van der Waals surface area contributed by atoms with Gasteiger partial charge in [0.25, 0.3) is 0 Å². The summed E-state index contributed by atoms with van der Waals surface area (Å²) in [5, 5.41) is 3.50. The van der Waals surface area contributed by atoms with Crippen molar-refractivity contribution in [1.82, 2.24) is 4.90 Å². The molecule has 1 aliphatic heterocycles. The van der Waals surface area contributed by atoms with Crippen LogP contribution in [0.15, 0.2) is 24.3 Å². The zero-order valence-electron chi connectivity index (χ0n) is 9.57. The molecule has 1 saturated heterocycles. The Balaban J connectivity index is 1.91. The first-order valence-electron chi connectivity index (χ1n) is 5.71. The molecule has 0 aliphatic carbocycles. The van der Waals surface area contributed by atoms with Gasteiger partial charge in [-0.2, -0.15) is 0 Å². The molecule has 1 radical (unpaired) electrons. The highest BCUT2D eigenvalue weighted by Gasteiger charge is 2.15. The summed E-state index contributed by atoms with van der Waals surface area (Å²) >= 11 is 0. The summed E-state index contributed by atoms with van der Waals surface area (Å²) in [5.74, 6) is 0. The highest BCUT2D eigenvalue weighted by atomic mass is 16.1. The van der Waals surface area contributed by atoms with Crippen LogP contribution in [-0.2, 0) is 4.79 Å². The number of benzene rings is 1. The highest BCUT2D eigenvalue weighted by molar-refractivity contribution is 5.76. The first kappa shape index (κ1) is 11.1. The number of rotatable bonds is 3. The molecule has 0 spiro atoms. The maximum atomic E-state index is 10.4. The average Bonchev–Trinajstić information content (AvgIpc) is 2.33. The van der Waals surface area contributed by atoms with Crippen molar-refractivity contribution >= 4 is 12.0 Å². The van der Waals surface area contributed by atoms with Crippen LogP contribution in [0.1, 0.15) is 18.4 Å². The van der Waals surface area contributed by atoms with E-state index in [0.717, 1.165) is 18.8 Å². The number of nitrogens with zero attached hydrogens (tertiary/aromatic N) is 1. The molecular weight excluding hydrogens is 200 g/mol. The fourth-order valence-electron chi connectivity index (χ4n) is 2.02. The van der Waals surface area contributed by atoms with Gasteiger partial charge in [0.15, 0.2) is 0 Å². The van der Waals surface area contributed by atoms with Gasteiger partial charge in [0, 0.05) is 17.3 Å². The first-order chi connectivity index (χ1) is 7.78. The summed E-state index contributed by atoms with van der Waals surface area (Å²) in [5.41, 5.74) is 1.70. The largest absolute Gasteiger partial charge is 0.382 e. The molecule has 1 N–H and O–H groups in total. The van der Waals surface area contributed by atoms with Crippen molar-refractivity contribution in [3.8, 4) is 0 Å². The van der Waals surface area contributed by atoms with E-state index in [1.165, 1.54) is 12.8 Å². The van der Waals surface area contributed by atoms with Crippen LogP contribution in [-0.4, -0.2) is 37.4 Å². The molecule has 0 saturated carbocycles. The molecule has 0 aromatic heterocycles. The second kappa shape index (κ2) is 5.12. The van der Waals surface area contributed by atoms with Crippen molar-refractivity contribution < 1.29 is 4.79 Å². The topological polar surface area (TPSA) is 32.3 Å². The summed E-state index contributed by atoms with van der Waals surface area (Å²) in [4.78, 5) is 12.7. The van der Waals surface area contributed by atoms with Gasteiger partial charge in [0.05, 0.1) is 0 Å². The Morgan fingerprint density at radius 3 is 2.44 bits per heavy atom. The third-order valence-electron chi connectivity index (χ3n) is 3.09. The first-order valence-corrected chi connectivity index (χ1v) is 5.71. The Bertz CT molecular complexity index is 339. The van der Waals surface area contributed by atoms with Gasteiger partial charge in [0.2, 0.25) is 6.29 Å². The molecule has 1 aliphatic rings. The smallest absolute Gasteiger partial charge is 0.233 e. The van der Waals surface area contributed by atoms with Gasteiger partial charge in [0.1, 0.15) is 0 Å². The molecule has 3 nitrogen and oxygen atoms in total. The van der Waals surface area contributed by atoms with Crippen LogP contribution in [0, 0.1) is 0 Å². The van der Waals surface area contributed by atoms with Crippen LogP contribution in [0.5, 0.6) is 0 Å². The second-order valence-electron chi connectivity index (χ2n) is 4.40. The van der Waals surface area contributed by atoms with Crippen LogP contribution in [0.4, 0.5) is 5.69 Å². The Morgan fingerprint density at radius 1 is 1.25 bits per heavy atom. The van der Waals surface area contributed by atoms with Crippen LogP contribution < -0.4 is 5.32 Å². The van der Waals surface area contributed by atoms with Crippen LogP contribution >= 0.6 is 0 Å². The van der Waals surface area contributed by atoms with E-state index >= 15 is 0 Å². The number of likely N-dealkylation sites (tertiary alicyclic amines) is 1. The van der Waals surface area contributed by atoms with Crippen LogP contribution in [0.2, 0.25) is 0 Å². The van der Waals surface area contributed by atoms with Gasteiger partial charge in [-0.15, -0.1) is 0 Å². The van der Waals surface area contributed by atoms with Crippen molar-refractivity contribution in [1.29, 1.82) is 0 Å². The lowest BCUT2D eigenvalue weighted by atomic mass is 10.1. The second-order valence-corrected chi connectivity index (χ2v) is 4.40. The van der Waals surface area contributed by atoms with E-state index in [-0.39, 0.29) is 0 Å². The molecule has 0 bridgehead atoms. The Kier molecular flexibility index (Phi) is 3.57. The van der Waals surface area contributed by atoms with Gasteiger partial charge in [-0.05, 0) is 57.2 Å². The van der Waals surface area contributed by atoms with E-state index in [0.29, 0.717) is 11.6 Å². The average molecular weight is 217 g/mol. The molecule has 1 aromatic carbocycles. The van der Waals surface area contributed by atoms with Gasteiger partial charge >= 0.3 is 0 Å². The summed E-state index contributed by atoms with van der Waals surface area (Å²) in [6, 6.07) is 8.04. The molecule has 0 unspecified atom stereocenters. The van der Waals surface area contributed by atoms with E-state index in [9.17, 15) is 4.79 Å². The SMILES string of the molecule is CN1CCC(Nc2ccc([C]=O)cc2)CC1. The zero-order valence-corrected chi connectivity index (χ0v) is 9.57. The molecule has 3 heteroatoms. The predicted molar refractivity (Wildman–Crippen MR) is 65.4 cm³/mol. The van der Waals surface area contributed by atoms with Gasteiger partial charge in [-0.1, -0.05) is 0 Å². The van der Waals surface area contributed by atoms with Crippen molar-refractivity contribution in [2.75, 3.05) is 25.5 Å². The number of hydrogen-bond acceptors (Lipinski definition) is 3. The summed E-state index contributed by atoms with van der Waals surface area (Å²) in [6.45, 7) is 2.30. The van der Waals surface area contributed by atoms with Crippen molar-refractivity contribution in [3.05, 3.63) is 29.8 Å². The number of carbonyl (C=O) groups excluding carboxylic acids is 1. The summed E-state index contributed by atoms with van der Waals surface area (Å²) in [7, 11) is 2.16. The predicted octanol–water partition coefficient (Wildman–Crippen LogP) is 1.65. The normalized spacial score (nSPS) is 18.3. The maximum Gasteiger partial charge on any atom is 0.233 e. The van der Waals surface area contributed by atoms with Gasteiger partial charge in [-0.25, -0.2) is 0 Å². The Labute approximate surface area is 96.5 Å². The fraction of sp³-hybridized carbons (Fsp3) is 0.462. The minimum absolute atomic E-state index is 0.558.